The third kappa shape index (κ3) is 3.73. The van der Waals surface area contributed by atoms with E-state index >= 15 is 0 Å². The van der Waals surface area contributed by atoms with E-state index in [0.29, 0.717) is 6.54 Å². The zero-order valence-corrected chi connectivity index (χ0v) is 19.6. The van der Waals surface area contributed by atoms with E-state index < -0.39 is 0 Å². The first-order valence-corrected chi connectivity index (χ1v) is 11.5. The van der Waals surface area contributed by atoms with Crippen LogP contribution in [0.5, 0.6) is 0 Å². The summed E-state index contributed by atoms with van der Waals surface area (Å²) in [4.78, 5) is 15.7. The number of hydrogen-bond donors (Lipinski definition) is 1. The molecule has 0 fully saturated rings. The number of hydrogen-bond acceptors (Lipinski definition) is 1. The fourth-order valence-electron chi connectivity index (χ4n) is 4.45. The molecule has 0 aliphatic carbocycles. The van der Waals surface area contributed by atoms with Crippen molar-refractivity contribution < 1.29 is 4.79 Å². The number of carbonyl (C=O) groups is 1. The first-order valence-electron chi connectivity index (χ1n) is 10.7. The lowest BCUT2D eigenvalue weighted by molar-refractivity contribution is 0.194. The van der Waals surface area contributed by atoms with E-state index in [1.165, 1.54) is 5.56 Å². The third-order valence-electron chi connectivity index (χ3n) is 5.99. The molecule has 1 aliphatic rings. The molecule has 1 aliphatic heterocycles. The van der Waals surface area contributed by atoms with Gasteiger partial charge in [-0.3, -0.25) is 0 Å². The van der Waals surface area contributed by atoms with Crippen LogP contribution in [-0.4, -0.2) is 15.5 Å². The van der Waals surface area contributed by atoms with Gasteiger partial charge in [0.2, 0.25) is 0 Å². The van der Waals surface area contributed by atoms with E-state index in [1.54, 1.807) is 0 Å². The van der Waals surface area contributed by atoms with Crippen molar-refractivity contribution in [3.05, 3.63) is 117 Å². The highest BCUT2D eigenvalue weighted by Crippen LogP contribution is 2.37. The second-order valence-corrected chi connectivity index (χ2v) is 9.12. The molecule has 3 aromatic carbocycles. The summed E-state index contributed by atoms with van der Waals surface area (Å²) in [5, 5.41) is 3.13. The summed E-state index contributed by atoms with van der Waals surface area (Å²) in [5.74, 6) is 0. The maximum absolute atomic E-state index is 13.7. The molecular formula is C27H24BrN3O. The smallest absolute Gasteiger partial charge is 0.318 e. The van der Waals surface area contributed by atoms with Gasteiger partial charge in [-0.1, -0.05) is 64.0 Å². The van der Waals surface area contributed by atoms with Crippen LogP contribution in [0.4, 0.5) is 10.5 Å². The number of halogens is 1. The zero-order chi connectivity index (χ0) is 22.2. The molecule has 1 aromatic heterocycles. The molecule has 1 atom stereocenters. The van der Waals surface area contributed by atoms with Crippen molar-refractivity contribution in [1.82, 2.24) is 9.47 Å². The minimum Gasteiger partial charge on any atom is -0.318 e. The molecule has 0 bridgehead atoms. The van der Waals surface area contributed by atoms with Gasteiger partial charge in [-0.2, -0.15) is 0 Å². The molecule has 4 aromatic rings. The Morgan fingerprint density at radius 1 is 0.969 bits per heavy atom. The van der Waals surface area contributed by atoms with Crippen LogP contribution < -0.4 is 5.32 Å². The van der Waals surface area contributed by atoms with Gasteiger partial charge < -0.3 is 14.8 Å². The average Bonchev–Trinajstić information content (AvgIpc) is 3.20. The van der Waals surface area contributed by atoms with E-state index in [0.717, 1.165) is 38.2 Å². The Bertz CT molecular complexity index is 1310. The van der Waals surface area contributed by atoms with E-state index in [4.69, 9.17) is 0 Å². The quantitative estimate of drug-likeness (QED) is 0.326. The minimum absolute atomic E-state index is 0.123. The highest BCUT2D eigenvalue weighted by Gasteiger charge is 2.33. The second kappa shape index (κ2) is 8.32. The molecule has 2 heterocycles. The van der Waals surface area contributed by atoms with Crippen LogP contribution in [-0.2, 0) is 6.54 Å². The summed E-state index contributed by atoms with van der Waals surface area (Å²) < 4.78 is 3.23. The first-order chi connectivity index (χ1) is 15.5. The fraction of sp³-hybridized carbons (Fsp3) is 0.148. The molecule has 5 rings (SSSR count). The highest BCUT2D eigenvalue weighted by atomic mass is 79.9. The molecule has 4 nitrogen and oxygen atoms in total. The van der Waals surface area contributed by atoms with E-state index in [1.807, 2.05) is 48.2 Å². The van der Waals surface area contributed by atoms with Crippen molar-refractivity contribution in [3.8, 4) is 5.69 Å². The van der Waals surface area contributed by atoms with Crippen LogP contribution in [0.15, 0.2) is 89.5 Å². The summed E-state index contributed by atoms with van der Waals surface area (Å²) in [7, 11) is 0. The summed E-state index contributed by atoms with van der Waals surface area (Å²) in [6.07, 6.45) is 2.08. The first kappa shape index (κ1) is 20.6. The number of amides is 2. The molecule has 5 heteroatoms. The minimum atomic E-state index is -0.214. The van der Waals surface area contributed by atoms with Gasteiger partial charge in [-0.05, 0) is 66.9 Å². The molecule has 0 saturated carbocycles. The molecule has 0 radical (unpaired) electrons. The fourth-order valence-corrected chi connectivity index (χ4v) is 4.69. The van der Waals surface area contributed by atoms with Crippen LogP contribution >= 0.6 is 15.9 Å². The Labute approximate surface area is 196 Å². The number of benzene rings is 3. The Balaban J connectivity index is 1.63. The van der Waals surface area contributed by atoms with Crippen molar-refractivity contribution in [2.45, 2.75) is 26.4 Å². The maximum Gasteiger partial charge on any atom is 0.322 e. The van der Waals surface area contributed by atoms with E-state index in [9.17, 15) is 4.79 Å². The van der Waals surface area contributed by atoms with Gasteiger partial charge in [0.1, 0.15) is 0 Å². The number of urea groups is 1. The van der Waals surface area contributed by atoms with Crippen molar-refractivity contribution in [2.24, 2.45) is 0 Å². The van der Waals surface area contributed by atoms with Gasteiger partial charge in [0, 0.05) is 22.1 Å². The highest BCUT2D eigenvalue weighted by molar-refractivity contribution is 9.10. The Kier molecular flexibility index (Phi) is 5.35. The van der Waals surface area contributed by atoms with Gasteiger partial charge in [0.15, 0.2) is 0 Å². The van der Waals surface area contributed by atoms with Crippen molar-refractivity contribution in [1.29, 1.82) is 0 Å². The summed E-state index contributed by atoms with van der Waals surface area (Å²) >= 11 is 3.54. The van der Waals surface area contributed by atoms with Gasteiger partial charge in [0.05, 0.1) is 18.3 Å². The van der Waals surface area contributed by atoms with Gasteiger partial charge in [-0.15, -0.1) is 0 Å². The lowest BCUT2D eigenvalue weighted by Gasteiger charge is -2.31. The standard InChI is InChI=1S/C27H24BrN3O/c1-18-7-5-9-20(15-18)26-25-11-6-14-30(25)24-10-4-3-8-21(24)17-31(26)27(32)29-22-12-13-23(28)19(2)16-22/h3-16,26H,17H2,1-2H3,(H,29,32)/t26-/m0/s1. The SMILES string of the molecule is Cc1cccc([C@H]2c3cccn3-c3ccccc3CN2C(=O)Nc2ccc(Br)c(C)c2)c1. The van der Waals surface area contributed by atoms with Crippen LogP contribution in [0, 0.1) is 13.8 Å². The molecule has 0 spiro atoms. The predicted molar refractivity (Wildman–Crippen MR) is 132 cm³/mol. The monoisotopic (exact) mass is 485 g/mol. The lowest BCUT2D eigenvalue weighted by atomic mass is 10.00. The van der Waals surface area contributed by atoms with Crippen LogP contribution in [0.25, 0.3) is 5.69 Å². The molecule has 32 heavy (non-hydrogen) atoms. The number of aromatic nitrogens is 1. The number of nitrogens with zero attached hydrogens (tertiary/aromatic N) is 2. The molecule has 160 valence electrons. The zero-order valence-electron chi connectivity index (χ0n) is 18.0. The molecule has 1 N–H and O–H groups in total. The molecular weight excluding hydrogens is 462 g/mol. The lowest BCUT2D eigenvalue weighted by Crippen LogP contribution is -2.38. The number of fused-ring (bicyclic) bond motifs is 3. The Morgan fingerprint density at radius 2 is 1.81 bits per heavy atom. The molecule has 0 unspecified atom stereocenters. The molecule has 2 amide bonds. The summed E-state index contributed by atoms with van der Waals surface area (Å²) in [6.45, 7) is 4.62. The Morgan fingerprint density at radius 3 is 2.62 bits per heavy atom. The predicted octanol–water partition coefficient (Wildman–Crippen LogP) is 6.99. The molecule has 0 saturated heterocycles. The van der Waals surface area contributed by atoms with Crippen molar-refractivity contribution >= 4 is 27.6 Å². The number of rotatable bonds is 2. The van der Waals surface area contributed by atoms with Crippen LogP contribution in [0.2, 0.25) is 0 Å². The topological polar surface area (TPSA) is 37.3 Å². The van der Waals surface area contributed by atoms with Gasteiger partial charge >= 0.3 is 6.03 Å². The van der Waals surface area contributed by atoms with Gasteiger partial charge in [-0.25, -0.2) is 4.79 Å². The van der Waals surface area contributed by atoms with Crippen molar-refractivity contribution in [3.63, 3.8) is 0 Å². The number of para-hydroxylation sites is 1. The van der Waals surface area contributed by atoms with Crippen LogP contribution in [0.3, 0.4) is 0 Å². The number of carbonyl (C=O) groups excluding carboxylic acids is 1. The van der Waals surface area contributed by atoms with Gasteiger partial charge in [0.25, 0.3) is 0 Å². The summed E-state index contributed by atoms with van der Waals surface area (Å²) in [6, 6.07) is 26.4. The van der Waals surface area contributed by atoms with Crippen LogP contribution in [0.1, 0.15) is 34.0 Å². The average molecular weight is 486 g/mol. The second-order valence-electron chi connectivity index (χ2n) is 8.27. The van der Waals surface area contributed by atoms with E-state index in [2.05, 4.69) is 81.4 Å². The Hall–Kier alpha value is -3.31. The maximum atomic E-state index is 13.7. The number of nitrogens with one attached hydrogen (secondary N) is 1. The number of aryl methyl sites for hydroxylation is 2. The normalized spacial score (nSPS) is 15.0. The largest absolute Gasteiger partial charge is 0.322 e. The number of anilines is 1. The van der Waals surface area contributed by atoms with E-state index in [-0.39, 0.29) is 12.1 Å². The third-order valence-corrected chi connectivity index (χ3v) is 6.88. The van der Waals surface area contributed by atoms with Crippen molar-refractivity contribution in [2.75, 3.05) is 5.32 Å². The summed E-state index contributed by atoms with van der Waals surface area (Å²) in [5.41, 5.74) is 7.43.